The fraction of sp³-hybridized carbons (Fsp3) is 0.364. The quantitative estimate of drug-likeness (QED) is 0.673. The van der Waals surface area contributed by atoms with Crippen LogP contribution < -0.4 is 0 Å². The van der Waals surface area contributed by atoms with Crippen molar-refractivity contribution in [1.82, 2.24) is 0 Å². The Kier molecular flexibility index (Phi) is 2.81. The van der Waals surface area contributed by atoms with Gasteiger partial charge in [-0.25, -0.2) is 4.39 Å². The Balaban J connectivity index is 3.13. The number of hydrogen-bond donors (Lipinski definition) is 1. The van der Waals surface area contributed by atoms with Crippen molar-refractivity contribution in [2.45, 2.75) is 26.7 Å². The first-order valence-electron chi connectivity index (χ1n) is 4.37. The van der Waals surface area contributed by atoms with E-state index in [9.17, 15) is 4.39 Å². The van der Waals surface area contributed by atoms with Crippen molar-refractivity contribution in [2.75, 3.05) is 0 Å². The Bertz CT molecular complexity index is 329. The van der Waals surface area contributed by atoms with Gasteiger partial charge in [0.2, 0.25) is 0 Å². The third-order valence-electron chi connectivity index (χ3n) is 2.06. The summed E-state index contributed by atoms with van der Waals surface area (Å²) in [4.78, 5) is 0. The molecule has 0 atom stereocenters. The molecule has 0 aliphatic rings. The fourth-order valence-corrected chi connectivity index (χ4v) is 1.19. The van der Waals surface area contributed by atoms with E-state index in [0.29, 0.717) is 11.5 Å². The highest BCUT2D eigenvalue weighted by Crippen LogP contribution is 2.18. The molecule has 0 amide bonds. The Morgan fingerprint density at radius 3 is 2.38 bits per heavy atom. The second-order valence-electron chi connectivity index (χ2n) is 3.52. The molecule has 0 bridgehead atoms. The van der Waals surface area contributed by atoms with Gasteiger partial charge < -0.3 is 5.41 Å². The number of rotatable bonds is 2. The average molecular weight is 179 g/mol. The van der Waals surface area contributed by atoms with Gasteiger partial charge in [0.05, 0.1) is 0 Å². The Hall–Kier alpha value is -1.18. The van der Waals surface area contributed by atoms with Gasteiger partial charge in [0.25, 0.3) is 0 Å². The van der Waals surface area contributed by atoms with E-state index in [1.165, 1.54) is 6.07 Å². The zero-order valence-electron chi connectivity index (χ0n) is 8.19. The lowest BCUT2D eigenvalue weighted by atomic mass is 10.00. The summed E-state index contributed by atoms with van der Waals surface area (Å²) in [5.74, 6) is 0.0355. The van der Waals surface area contributed by atoms with Crippen LogP contribution in [0.4, 0.5) is 4.39 Å². The molecule has 2 heteroatoms. The van der Waals surface area contributed by atoms with Crippen LogP contribution in [0.2, 0.25) is 0 Å². The smallest absolute Gasteiger partial charge is 0.132 e. The molecule has 1 nitrogen and oxygen atoms in total. The molecule has 13 heavy (non-hydrogen) atoms. The molecule has 0 unspecified atom stereocenters. The summed E-state index contributed by atoms with van der Waals surface area (Å²) >= 11 is 0. The molecule has 0 heterocycles. The largest absolute Gasteiger partial charge is 0.305 e. The molecule has 1 aromatic carbocycles. The van der Waals surface area contributed by atoms with Crippen molar-refractivity contribution >= 4 is 5.71 Å². The zero-order chi connectivity index (χ0) is 10.0. The Morgan fingerprint density at radius 1 is 1.38 bits per heavy atom. The number of nitrogens with one attached hydrogen (secondary N) is 1. The molecule has 1 rings (SSSR count). The van der Waals surface area contributed by atoms with Gasteiger partial charge in [0.15, 0.2) is 0 Å². The lowest BCUT2D eigenvalue weighted by Gasteiger charge is -2.07. The molecule has 0 saturated heterocycles. The maximum atomic E-state index is 13.3. The van der Waals surface area contributed by atoms with Crippen molar-refractivity contribution in [3.8, 4) is 0 Å². The molecule has 0 aliphatic heterocycles. The third kappa shape index (κ3) is 2.14. The van der Waals surface area contributed by atoms with E-state index in [1.807, 2.05) is 19.9 Å². The average Bonchev–Trinajstić information content (AvgIpc) is 2.03. The van der Waals surface area contributed by atoms with Gasteiger partial charge in [-0.2, -0.15) is 0 Å². The Labute approximate surface area is 78.1 Å². The van der Waals surface area contributed by atoms with Crippen molar-refractivity contribution < 1.29 is 4.39 Å². The highest BCUT2D eigenvalue weighted by molar-refractivity contribution is 5.96. The van der Waals surface area contributed by atoms with Crippen molar-refractivity contribution in [1.29, 1.82) is 5.41 Å². The number of hydrogen-bond acceptors (Lipinski definition) is 1. The predicted molar refractivity (Wildman–Crippen MR) is 53.0 cm³/mol. The maximum Gasteiger partial charge on any atom is 0.132 e. The second-order valence-corrected chi connectivity index (χ2v) is 3.52. The summed E-state index contributed by atoms with van der Waals surface area (Å²) in [5, 5.41) is 7.31. The van der Waals surface area contributed by atoms with E-state index in [1.54, 1.807) is 13.0 Å². The van der Waals surface area contributed by atoms with E-state index in [0.717, 1.165) is 5.56 Å². The molecule has 0 aromatic heterocycles. The van der Waals surface area contributed by atoms with Gasteiger partial charge in [-0.05, 0) is 30.5 Å². The Morgan fingerprint density at radius 2 is 2.00 bits per heavy atom. The van der Waals surface area contributed by atoms with Crippen LogP contribution in [0.1, 0.15) is 37.8 Å². The molecule has 1 N–H and O–H groups in total. The van der Waals surface area contributed by atoms with Gasteiger partial charge in [-0.15, -0.1) is 0 Å². The van der Waals surface area contributed by atoms with E-state index in [2.05, 4.69) is 0 Å². The van der Waals surface area contributed by atoms with Crippen LogP contribution in [0.25, 0.3) is 0 Å². The first kappa shape index (κ1) is 9.90. The summed E-state index contributed by atoms with van der Waals surface area (Å²) in [5.41, 5.74) is 1.64. The summed E-state index contributed by atoms with van der Waals surface area (Å²) in [6.45, 7) is 5.63. The lowest BCUT2D eigenvalue weighted by molar-refractivity contribution is 0.620. The summed E-state index contributed by atoms with van der Waals surface area (Å²) < 4.78 is 13.3. The molecule has 0 radical (unpaired) electrons. The van der Waals surface area contributed by atoms with Gasteiger partial charge in [0, 0.05) is 11.3 Å². The molecule has 1 aromatic rings. The SMILES string of the molecule is CC(=N)c1ccc(C(C)C)cc1F. The molecule has 0 fully saturated rings. The second kappa shape index (κ2) is 3.69. The van der Waals surface area contributed by atoms with Crippen LogP contribution in [0.5, 0.6) is 0 Å². The number of halogens is 1. The standard InChI is InChI=1S/C11H14FN/c1-7(2)9-4-5-10(8(3)13)11(12)6-9/h4-7,13H,1-3H3. The highest BCUT2D eigenvalue weighted by atomic mass is 19.1. The predicted octanol–water partition coefficient (Wildman–Crippen LogP) is 3.34. The van der Waals surface area contributed by atoms with Crippen molar-refractivity contribution in [3.05, 3.63) is 35.1 Å². The van der Waals surface area contributed by atoms with Gasteiger partial charge in [-0.3, -0.25) is 0 Å². The first-order valence-corrected chi connectivity index (χ1v) is 4.37. The van der Waals surface area contributed by atoms with E-state index in [-0.39, 0.29) is 11.5 Å². The minimum atomic E-state index is -0.293. The number of benzene rings is 1. The minimum Gasteiger partial charge on any atom is -0.305 e. The molecule has 70 valence electrons. The van der Waals surface area contributed by atoms with Crippen LogP contribution in [-0.4, -0.2) is 5.71 Å². The monoisotopic (exact) mass is 179 g/mol. The van der Waals surface area contributed by atoms with E-state index in [4.69, 9.17) is 5.41 Å². The zero-order valence-corrected chi connectivity index (χ0v) is 8.19. The van der Waals surface area contributed by atoms with Crippen LogP contribution in [0.15, 0.2) is 18.2 Å². The molecule has 0 spiro atoms. The molecular weight excluding hydrogens is 165 g/mol. The molecule has 0 saturated carbocycles. The normalized spacial score (nSPS) is 10.5. The van der Waals surface area contributed by atoms with Crippen molar-refractivity contribution in [2.24, 2.45) is 0 Å². The highest BCUT2D eigenvalue weighted by Gasteiger charge is 2.06. The molecular formula is C11H14FN. The fourth-order valence-electron chi connectivity index (χ4n) is 1.19. The van der Waals surface area contributed by atoms with Gasteiger partial charge >= 0.3 is 0 Å². The maximum absolute atomic E-state index is 13.3. The minimum absolute atomic E-state index is 0.271. The van der Waals surface area contributed by atoms with Gasteiger partial charge in [0.1, 0.15) is 5.82 Å². The van der Waals surface area contributed by atoms with Gasteiger partial charge in [-0.1, -0.05) is 19.9 Å². The molecule has 0 aliphatic carbocycles. The van der Waals surface area contributed by atoms with Crippen molar-refractivity contribution in [3.63, 3.8) is 0 Å². The summed E-state index contributed by atoms with van der Waals surface area (Å²) in [7, 11) is 0. The first-order chi connectivity index (χ1) is 6.02. The van der Waals surface area contributed by atoms with Crippen LogP contribution in [0, 0.1) is 11.2 Å². The van der Waals surface area contributed by atoms with E-state index >= 15 is 0 Å². The van der Waals surface area contributed by atoms with Crippen LogP contribution >= 0.6 is 0 Å². The topological polar surface area (TPSA) is 23.9 Å². The van der Waals surface area contributed by atoms with E-state index < -0.39 is 0 Å². The van der Waals surface area contributed by atoms with Crippen LogP contribution in [-0.2, 0) is 0 Å². The summed E-state index contributed by atoms with van der Waals surface area (Å²) in [6, 6.07) is 5.06. The lowest BCUT2D eigenvalue weighted by Crippen LogP contribution is -1.98. The summed E-state index contributed by atoms with van der Waals surface area (Å²) in [6.07, 6.45) is 0. The van der Waals surface area contributed by atoms with Crippen LogP contribution in [0.3, 0.4) is 0 Å². The third-order valence-corrected chi connectivity index (χ3v) is 2.06.